The maximum absolute atomic E-state index is 13.9. The average molecular weight is 315 g/mol. The van der Waals surface area contributed by atoms with Crippen LogP contribution >= 0.6 is 23.2 Å². The smallest absolute Gasteiger partial charge is 0.197 e. The second-order valence-corrected chi connectivity index (χ2v) is 5.98. The van der Waals surface area contributed by atoms with E-state index in [1.165, 1.54) is 0 Å². The molecule has 1 N–H and O–H groups in total. The summed E-state index contributed by atoms with van der Waals surface area (Å²) in [5.74, 6) is -8.34. The first kappa shape index (κ1) is 13.5. The molecule has 2 bridgehead atoms. The largest absolute Gasteiger partial charge is 0.388 e. The summed E-state index contributed by atoms with van der Waals surface area (Å²) in [6, 6.07) is 0. The van der Waals surface area contributed by atoms with Crippen molar-refractivity contribution in [2.45, 2.75) is 29.2 Å². The van der Waals surface area contributed by atoms with Crippen LogP contribution in [0, 0.1) is 29.2 Å². The average Bonchev–Trinajstić information content (AvgIpc) is 2.59. The van der Waals surface area contributed by atoms with Gasteiger partial charge in [0, 0.05) is 33.7 Å². The Hall–Kier alpha value is -0.520. The van der Waals surface area contributed by atoms with Crippen molar-refractivity contribution in [3.8, 4) is 0 Å². The van der Waals surface area contributed by atoms with Gasteiger partial charge in [-0.2, -0.15) is 0 Å². The maximum atomic E-state index is 13.9. The minimum absolute atomic E-state index is 0.234. The lowest BCUT2D eigenvalue weighted by molar-refractivity contribution is 0.0992. The predicted molar refractivity (Wildman–Crippen MR) is 61.4 cm³/mol. The van der Waals surface area contributed by atoms with E-state index in [0.717, 1.165) is 0 Å². The predicted octanol–water partition coefficient (Wildman–Crippen LogP) is 3.61. The molecule has 1 nitrogen and oxygen atoms in total. The first-order valence-electron chi connectivity index (χ1n) is 5.68. The van der Waals surface area contributed by atoms with E-state index in [1.807, 2.05) is 0 Å². The standard InChI is InChI=1S/C12H8Cl2F4O/c13-3-1-2-7(14)4(3)5-6(12(2)19)9(16)11(18)10(17)8(5)15/h2-4,7,12,19H,1H2/t2-,3-,4-,7?,12-/m0/s1. The Morgan fingerprint density at radius 2 is 1.42 bits per heavy atom. The van der Waals surface area contributed by atoms with Gasteiger partial charge in [-0.1, -0.05) is 0 Å². The van der Waals surface area contributed by atoms with Gasteiger partial charge in [-0.3, -0.25) is 0 Å². The lowest BCUT2D eigenvalue weighted by Gasteiger charge is -2.33. The highest BCUT2D eigenvalue weighted by Gasteiger charge is 2.54. The van der Waals surface area contributed by atoms with Crippen LogP contribution in [0.25, 0.3) is 0 Å². The van der Waals surface area contributed by atoms with E-state index in [1.54, 1.807) is 0 Å². The van der Waals surface area contributed by atoms with E-state index in [0.29, 0.717) is 0 Å². The number of halogens is 6. The second-order valence-electron chi connectivity index (χ2n) is 4.91. The van der Waals surface area contributed by atoms with Crippen LogP contribution in [0.3, 0.4) is 0 Å². The topological polar surface area (TPSA) is 20.2 Å². The van der Waals surface area contributed by atoms with Crippen molar-refractivity contribution in [3.05, 3.63) is 34.4 Å². The van der Waals surface area contributed by atoms with Crippen LogP contribution in [-0.4, -0.2) is 15.9 Å². The summed E-state index contributed by atoms with van der Waals surface area (Å²) in [5.41, 5.74) is -0.982. The fourth-order valence-corrected chi connectivity index (χ4v) is 4.25. The molecule has 0 heterocycles. The first-order chi connectivity index (χ1) is 8.86. The molecule has 2 aliphatic rings. The molecule has 19 heavy (non-hydrogen) atoms. The van der Waals surface area contributed by atoms with Gasteiger partial charge in [-0.05, 0) is 6.42 Å². The van der Waals surface area contributed by atoms with Crippen molar-refractivity contribution in [3.63, 3.8) is 0 Å². The molecule has 2 aliphatic carbocycles. The third-order valence-corrected chi connectivity index (χ3v) is 5.06. The monoisotopic (exact) mass is 314 g/mol. The fraction of sp³-hybridized carbons (Fsp3) is 0.500. The third-order valence-electron chi connectivity index (χ3n) is 4.01. The second kappa shape index (κ2) is 4.24. The van der Waals surface area contributed by atoms with Crippen LogP contribution in [0.15, 0.2) is 0 Å². The number of alkyl halides is 2. The van der Waals surface area contributed by atoms with E-state index in [2.05, 4.69) is 0 Å². The molecule has 1 aromatic rings. The van der Waals surface area contributed by atoms with Crippen molar-refractivity contribution in [1.29, 1.82) is 0 Å². The number of hydrogen-bond acceptors (Lipinski definition) is 1. The van der Waals surface area contributed by atoms with Crippen molar-refractivity contribution in [2.75, 3.05) is 0 Å². The fourth-order valence-electron chi connectivity index (χ4n) is 3.14. The number of aliphatic hydroxyl groups is 1. The molecule has 0 aromatic heterocycles. The Balaban J connectivity index is 2.35. The molecule has 1 unspecified atom stereocenters. The van der Waals surface area contributed by atoms with Crippen LogP contribution in [-0.2, 0) is 0 Å². The maximum Gasteiger partial charge on any atom is 0.197 e. The number of fused-ring (bicyclic) bond motifs is 4. The zero-order chi connectivity index (χ0) is 14.1. The number of hydrogen-bond donors (Lipinski definition) is 1. The van der Waals surface area contributed by atoms with Gasteiger partial charge in [0.2, 0.25) is 0 Å². The summed E-state index contributed by atoms with van der Waals surface area (Å²) in [5, 5.41) is 8.63. The molecule has 7 heteroatoms. The first-order valence-corrected chi connectivity index (χ1v) is 6.55. The molecule has 5 atom stereocenters. The Morgan fingerprint density at radius 1 is 0.895 bits per heavy atom. The SMILES string of the molecule is O[C@@H]1c2c(F)c(F)c(F)c(F)c2[C@H]2C(Cl)[C@@H]1C[C@@H]2Cl. The van der Waals surface area contributed by atoms with E-state index in [-0.39, 0.29) is 6.42 Å². The highest BCUT2D eigenvalue weighted by atomic mass is 35.5. The molecule has 1 saturated carbocycles. The quantitative estimate of drug-likeness (QED) is 0.336. The minimum Gasteiger partial charge on any atom is -0.388 e. The molecule has 0 amide bonds. The van der Waals surface area contributed by atoms with E-state index >= 15 is 0 Å². The van der Waals surface area contributed by atoms with Crippen LogP contribution in [0.5, 0.6) is 0 Å². The van der Waals surface area contributed by atoms with Crippen molar-refractivity contribution >= 4 is 23.2 Å². The van der Waals surface area contributed by atoms with Crippen LogP contribution in [0.2, 0.25) is 0 Å². The molecule has 0 radical (unpaired) electrons. The summed E-state index contributed by atoms with van der Waals surface area (Å²) in [6.45, 7) is 0. The van der Waals surface area contributed by atoms with Crippen LogP contribution in [0.1, 0.15) is 29.6 Å². The molecular weight excluding hydrogens is 307 g/mol. The molecule has 1 fully saturated rings. The van der Waals surface area contributed by atoms with E-state index < -0.39 is 63.1 Å². The number of aliphatic hydroxyl groups excluding tert-OH is 1. The van der Waals surface area contributed by atoms with Gasteiger partial charge in [-0.15, -0.1) is 23.2 Å². The Bertz CT molecular complexity index is 565. The lowest BCUT2D eigenvalue weighted by atomic mass is 9.79. The lowest BCUT2D eigenvalue weighted by Crippen LogP contribution is -2.31. The Kier molecular flexibility index (Phi) is 3.00. The summed E-state index contributed by atoms with van der Waals surface area (Å²) < 4.78 is 54.2. The molecule has 1 aromatic carbocycles. The summed E-state index contributed by atoms with van der Waals surface area (Å²) in [4.78, 5) is 0. The summed E-state index contributed by atoms with van der Waals surface area (Å²) in [7, 11) is 0. The highest BCUT2D eigenvalue weighted by molar-refractivity contribution is 6.26. The van der Waals surface area contributed by atoms with E-state index in [4.69, 9.17) is 23.2 Å². The molecule has 0 aliphatic heterocycles. The van der Waals surface area contributed by atoms with Gasteiger partial charge < -0.3 is 5.11 Å². The van der Waals surface area contributed by atoms with Gasteiger partial charge in [-0.25, -0.2) is 17.6 Å². The highest BCUT2D eigenvalue weighted by Crippen LogP contribution is 2.56. The molecule has 104 valence electrons. The molecule has 3 rings (SSSR count). The molecule has 0 saturated heterocycles. The summed E-state index contributed by atoms with van der Waals surface area (Å²) in [6.07, 6.45) is -1.25. The van der Waals surface area contributed by atoms with Gasteiger partial charge in [0.25, 0.3) is 0 Å². The van der Waals surface area contributed by atoms with Crippen molar-refractivity contribution in [1.82, 2.24) is 0 Å². The van der Waals surface area contributed by atoms with Crippen molar-refractivity contribution in [2.24, 2.45) is 5.92 Å². The van der Waals surface area contributed by atoms with Gasteiger partial charge >= 0.3 is 0 Å². The van der Waals surface area contributed by atoms with Crippen LogP contribution < -0.4 is 0 Å². The third kappa shape index (κ3) is 1.58. The van der Waals surface area contributed by atoms with Gasteiger partial charge in [0.1, 0.15) is 0 Å². The minimum atomic E-state index is -1.92. The molecular formula is C12H8Cl2F4O. The number of rotatable bonds is 0. The Morgan fingerprint density at radius 3 is 2.00 bits per heavy atom. The van der Waals surface area contributed by atoms with E-state index in [9.17, 15) is 22.7 Å². The summed E-state index contributed by atoms with van der Waals surface area (Å²) >= 11 is 12.1. The zero-order valence-electron chi connectivity index (χ0n) is 9.31. The Labute approximate surface area is 116 Å². The van der Waals surface area contributed by atoms with Gasteiger partial charge in [0.15, 0.2) is 23.3 Å². The normalized spacial score (nSPS) is 36.5. The van der Waals surface area contributed by atoms with Gasteiger partial charge in [0.05, 0.1) is 6.10 Å². The van der Waals surface area contributed by atoms with Crippen molar-refractivity contribution < 1.29 is 22.7 Å². The molecule has 0 spiro atoms. The zero-order valence-corrected chi connectivity index (χ0v) is 10.8. The number of benzene rings is 1. The van der Waals surface area contributed by atoms with Crippen LogP contribution in [0.4, 0.5) is 17.6 Å².